The Kier molecular flexibility index (Phi) is 5.58. The van der Waals surface area contributed by atoms with Gasteiger partial charge >= 0.3 is 5.97 Å². The fourth-order valence-corrected chi connectivity index (χ4v) is 4.76. The van der Waals surface area contributed by atoms with Crippen LogP contribution in [0.4, 0.5) is 4.39 Å². The van der Waals surface area contributed by atoms with E-state index < -0.39 is 21.8 Å². The minimum absolute atomic E-state index is 0.0184. The van der Waals surface area contributed by atoms with Crippen LogP contribution in [0.3, 0.4) is 0 Å². The molecule has 0 aliphatic heterocycles. The summed E-state index contributed by atoms with van der Waals surface area (Å²) < 4.78 is 44.7. The van der Waals surface area contributed by atoms with E-state index in [4.69, 9.17) is 9.84 Å². The molecule has 2 rings (SSSR count). The molecular weight excluding hydrogens is 357 g/mol. The van der Waals surface area contributed by atoms with E-state index in [2.05, 4.69) is 0 Å². The first kappa shape index (κ1) is 18.4. The van der Waals surface area contributed by atoms with Gasteiger partial charge in [0.15, 0.2) is 11.6 Å². The lowest BCUT2D eigenvalue weighted by Gasteiger charge is -2.16. The molecule has 2 aromatic rings. The van der Waals surface area contributed by atoms with Crippen molar-refractivity contribution in [2.75, 3.05) is 14.2 Å². The topological polar surface area (TPSA) is 83.9 Å². The van der Waals surface area contributed by atoms with Crippen molar-refractivity contribution >= 4 is 27.3 Å². The first-order valence-corrected chi connectivity index (χ1v) is 9.09. The van der Waals surface area contributed by atoms with Crippen LogP contribution in [-0.2, 0) is 27.8 Å². The number of aliphatic carboxylic acids is 1. The quantitative estimate of drug-likeness (QED) is 0.805. The van der Waals surface area contributed by atoms with Crippen molar-refractivity contribution in [2.45, 2.75) is 17.2 Å². The highest BCUT2D eigenvalue weighted by molar-refractivity contribution is 7.91. The normalized spacial score (nSPS) is 11.7. The molecule has 1 aromatic carbocycles. The van der Waals surface area contributed by atoms with Gasteiger partial charge in [0.05, 0.1) is 13.5 Å². The second kappa shape index (κ2) is 7.29. The molecule has 0 bridgehead atoms. The summed E-state index contributed by atoms with van der Waals surface area (Å²) >= 11 is 0.912. The summed E-state index contributed by atoms with van der Waals surface area (Å²) in [6.07, 6.45) is -0.229. The molecule has 0 atom stereocenters. The molecule has 0 spiro atoms. The van der Waals surface area contributed by atoms with Crippen LogP contribution >= 0.6 is 11.3 Å². The highest BCUT2D eigenvalue weighted by Crippen LogP contribution is 2.26. The molecule has 0 fully saturated rings. The molecule has 24 heavy (non-hydrogen) atoms. The predicted octanol–water partition coefficient (Wildman–Crippen LogP) is 2.34. The molecule has 9 heteroatoms. The second-order valence-corrected chi connectivity index (χ2v) is 8.46. The minimum atomic E-state index is -3.78. The van der Waals surface area contributed by atoms with Crippen LogP contribution in [0.25, 0.3) is 0 Å². The van der Waals surface area contributed by atoms with Crippen LogP contribution in [0.5, 0.6) is 5.75 Å². The number of benzene rings is 1. The zero-order chi connectivity index (χ0) is 17.9. The van der Waals surface area contributed by atoms with Gasteiger partial charge in [-0.1, -0.05) is 6.07 Å². The standard InChI is InChI=1S/C15H16FNO5S2/c1-17(9-10-3-5-13(22-2)12(16)7-10)24(20,21)15-6-4-11(23-15)8-14(18)19/h3-7H,8-9H2,1-2H3,(H,18,19). The largest absolute Gasteiger partial charge is 0.494 e. The second-order valence-electron chi connectivity index (χ2n) is 5.02. The van der Waals surface area contributed by atoms with Crippen molar-refractivity contribution in [1.29, 1.82) is 0 Å². The number of thiophene rings is 1. The fraction of sp³-hybridized carbons (Fsp3) is 0.267. The van der Waals surface area contributed by atoms with Crippen molar-refractivity contribution in [3.05, 3.63) is 46.6 Å². The molecule has 1 aromatic heterocycles. The lowest BCUT2D eigenvalue weighted by Crippen LogP contribution is -2.25. The number of hydrogen-bond acceptors (Lipinski definition) is 5. The SMILES string of the molecule is COc1ccc(CN(C)S(=O)(=O)c2ccc(CC(=O)O)s2)cc1F. The van der Waals surface area contributed by atoms with Crippen molar-refractivity contribution in [1.82, 2.24) is 4.31 Å². The Morgan fingerprint density at radius 1 is 1.33 bits per heavy atom. The summed E-state index contributed by atoms with van der Waals surface area (Å²) in [5.41, 5.74) is 0.474. The lowest BCUT2D eigenvalue weighted by atomic mass is 10.2. The number of nitrogens with zero attached hydrogens (tertiary/aromatic N) is 1. The van der Waals surface area contributed by atoms with E-state index in [1.807, 2.05) is 0 Å². The van der Waals surface area contributed by atoms with Crippen molar-refractivity contribution < 1.29 is 27.4 Å². The summed E-state index contributed by atoms with van der Waals surface area (Å²) in [5.74, 6) is -1.51. The highest BCUT2D eigenvalue weighted by Gasteiger charge is 2.23. The van der Waals surface area contributed by atoms with Gasteiger partial charge in [-0.05, 0) is 29.8 Å². The Bertz CT molecular complexity index is 847. The van der Waals surface area contributed by atoms with E-state index in [9.17, 15) is 17.6 Å². The van der Waals surface area contributed by atoms with Crippen LogP contribution in [0.1, 0.15) is 10.4 Å². The average Bonchev–Trinajstić information content (AvgIpc) is 2.95. The van der Waals surface area contributed by atoms with E-state index in [0.717, 1.165) is 15.6 Å². The first-order valence-electron chi connectivity index (χ1n) is 6.83. The van der Waals surface area contributed by atoms with Crippen LogP contribution in [0, 0.1) is 5.82 Å². The van der Waals surface area contributed by atoms with Gasteiger partial charge in [0.2, 0.25) is 0 Å². The van der Waals surface area contributed by atoms with Crippen LogP contribution in [-0.4, -0.2) is 38.0 Å². The Morgan fingerprint density at radius 2 is 2.04 bits per heavy atom. The van der Waals surface area contributed by atoms with Gasteiger partial charge < -0.3 is 9.84 Å². The lowest BCUT2D eigenvalue weighted by molar-refractivity contribution is -0.136. The predicted molar refractivity (Wildman–Crippen MR) is 87.3 cm³/mol. The number of carboxylic acid groups (broad SMARTS) is 1. The number of sulfonamides is 1. The number of halogens is 1. The van der Waals surface area contributed by atoms with E-state index in [1.165, 1.54) is 38.4 Å². The number of hydrogen-bond donors (Lipinski definition) is 1. The van der Waals surface area contributed by atoms with Crippen LogP contribution in [0.2, 0.25) is 0 Å². The third-order valence-corrected chi connectivity index (χ3v) is 6.60. The molecule has 0 saturated carbocycles. The van der Waals surface area contributed by atoms with Gasteiger partial charge in [0, 0.05) is 18.5 Å². The number of carboxylic acids is 1. The average molecular weight is 373 g/mol. The number of methoxy groups -OCH3 is 1. The zero-order valence-corrected chi connectivity index (χ0v) is 14.7. The summed E-state index contributed by atoms with van der Waals surface area (Å²) in [7, 11) is -1.05. The van der Waals surface area contributed by atoms with Crippen molar-refractivity contribution in [3.8, 4) is 5.75 Å². The molecule has 0 unspecified atom stereocenters. The Hall–Kier alpha value is -1.97. The first-order chi connectivity index (χ1) is 11.2. The molecule has 0 saturated heterocycles. The molecule has 0 radical (unpaired) electrons. The van der Waals surface area contributed by atoms with Crippen LogP contribution < -0.4 is 4.74 Å². The van der Waals surface area contributed by atoms with E-state index in [0.29, 0.717) is 10.4 Å². The zero-order valence-electron chi connectivity index (χ0n) is 13.0. The van der Waals surface area contributed by atoms with Crippen molar-refractivity contribution in [2.24, 2.45) is 0 Å². The third-order valence-electron chi connectivity index (χ3n) is 3.25. The molecular formula is C15H16FNO5S2. The summed E-state index contributed by atoms with van der Waals surface area (Å²) in [4.78, 5) is 11.1. The summed E-state index contributed by atoms with van der Waals surface area (Å²) in [6.45, 7) is -0.0184. The monoisotopic (exact) mass is 373 g/mol. The van der Waals surface area contributed by atoms with Crippen LogP contribution in [0.15, 0.2) is 34.5 Å². The van der Waals surface area contributed by atoms with E-state index in [1.54, 1.807) is 6.07 Å². The Labute approximate surface area is 143 Å². The Balaban J connectivity index is 2.18. The van der Waals surface area contributed by atoms with E-state index in [-0.39, 0.29) is 22.9 Å². The van der Waals surface area contributed by atoms with Gasteiger partial charge in [-0.15, -0.1) is 11.3 Å². The maximum Gasteiger partial charge on any atom is 0.308 e. The number of carbonyl (C=O) groups is 1. The molecule has 0 aliphatic rings. The molecule has 1 heterocycles. The molecule has 130 valence electrons. The van der Waals surface area contributed by atoms with E-state index >= 15 is 0 Å². The third kappa shape index (κ3) is 4.11. The number of rotatable bonds is 7. The highest BCUT2D eigenvalue weighted by atomic mass is 32.2. The van der Waals surface area contributed by atoms with Gasteiger partial charge in [-0.25, -0.2) is 12.8 Å². The van der Waals surface area contributed by atoms with Gasteiger partial charge in [-0.3, -0.25) is 4.79 Å². The number of ether oxygens (including phenoxy) is 1. The summed E-state index contributed by atoms with van der Waals surface area (Å²) in [5, 5.41) is 8.75. The minimum Gasteiger partial charge on any atom is -0.494 e. The maximum absolute atomic E-state index is 13.7. The Morgan fingerprint density at radius 3 is 2.62 bits per heavy atom. The van der Waals surface area contributed by atoms with Gasteiger partial charge in [0.25, 0.3) is 10.0 Å². The molecule has 0 aliphatic carbocycles. The van der Waals surface area contributed by atoms with Gasteiger partial charge in [-0.2, -0.15) is 4.31 Å². The molecule has 1 N–H and O–H groups in total. The molecule has 6 nitrogen and oxygen atoms in total. The fourth-order valence-electron chi connectivity index (χ4n) is 2.04. The smallest absolute Gasteiger partial charge is 0.308 e. The van der Waals surface area contributed by atoms with Crippen molar-refractivity contribution in [3.63, 3.8) is 0 Å². The van der Waals surface area contributed by atoms with Gasteiger partial charge in [0.1, 0.15) is 4.21 Å². The molecule has 0 amide bonds. The summed E-state index contributed by atoms with van der Waals surface area (Å²) in [6, 6.07) is 7.09. The maximum atomic E-state index is 13.7.